The number of phenols is 1. The topological polar surface area (TPSA) is 76.0 Å². The molecule has 128 valence electrons. The summed E-state index contributed by atoms with van der Waals surface area (Å²) >= 11 is 6.08. The van der Waals surface area contributed by atoms with Crippen molar-refractivity contribution in [1.82, 2.24) is 0 Å². The van der Waals surface area contributed by atoms with Gasteiger partial charge in [-0.2, -0.15) is 0 Å². The van der Waals surface area contributed by atoms with Gasteiger partial charge in [-0.25, -0.2) is 0 Å². The van der Waals surface area contributed by atoms with Crippen LogP contribution in [0.25, 0.3) is 0 Å². The quantitative estimate of drug-likeness (QED) is 0.808. The van der Waals surface area contributed by atoms with Crippen LogP contribution in [0.3, 0.4) is 0 Å². The highest BCUT2D eigenvalue weighted by Crippen LogP contribution is 2.38. The fraction of sp³-hybridized carbons (Fsp3) is 0.278. The molecule has 24 heavy (non-hydrogen) atoms. The van der Waals surface area contributed by atoms with Crippen molar-refractivity contribution < 1.29 is 24.5 Å². The highest BCUT2D eigenvalue weighted by atomic mass is 35.5. The molecule has 0 aliphatic heterocycles. The zero-order valence-corrected chi connectivity index (χ0v) is 14.7. The van der Waals surface area contributed by atoms with Gasteiger partial charge in [-0.15, -0.1) is 0 Å². The molecule has 0 fully saturated rings. The molecule has 0 heterocycles. The third kappa shape index (κ3) is 2.92. The molecule has 0 spiro atoms. The van der Waals surface area contributed by atoms with Crippen LogP contribution < -0.4 is 9.47 Å². The van der Waals surface area contributed by atoms with Gasteiger partial charge in [-0.05, 0) is 43.2 Å². The van der Waals surface area contributed by atoms with Crippen molar-refractivity contribution >= 4 is 17.4 Å². The van der Waals surface area contributed by atoms with E-state index in [0.29, 0.717) is 27.5 Å². The van der Waals surface area contributed by atoms with Crippen LogP contribution in [0.4, 0.5) is 0 Å². The smallest absolute Gasteiger partial charge is 0.197 e. The number of ketones is 1. The number of carbonyl (C=O) groups is 1. The number of methoxy groups -OCH3 is 2. The summed E-state index contributed by atoms with van der Waals surface area (Å²) in [4.78, 5) is 13.1. The molecule has 0 aliphatic rings. The first-order chi connectivity index (χ1) is 11.4. The van der Waals surface area contributed by atoms with Crippen molar-refractivity contribution in [2.75, 3.05) is 14.2 Å². The Morgan fingerprint density at radius 2 is 1.83 bits per heavy atom. The number of carbonyl (C=O) groups excluding carboxylic acids is 1. The largest absolute Gasteiger partial charge is 0.507 e. The van der Waals surface area contributed by atoms with Crippen molar-refractivity contribution in [2.45, 2.75) is 20.5 Å². The van der Waals surface area contributed by atoms with Gasteiger partial charge in [0.2, 0.25) is 0 Å². The monoisotopic (exact) mass is 350 g/mol. The molecular weight excluding hydrogens is 332 g/mol. The average molecular weight is 351 g/mol. The first-order valence-corrected chi connectivity index (χ1v) is 7.63. The van der Waals surface area contributed by atoms with Crippen molar-refractivity contribution in [1.29, 1.82) is 0 Å². The summed E-state index contributed by atoms with van der Waals surface area (Å²) in [6.45, 7) is 2.97. The lowest BCUT2D eigenvalue weighted by Crippen LogP contribution is -2.12. The standard InChI is InChI=1S/C18H19ClO5/c1-9-7-14(23-3)18(24-4)11(8-20)15(9)17(22)16-10(2)12(19)5-6-13(16)21/h5-7,20-21H,8H2,1-4H3. The van der Waals surface area contributed by atoms with Crippen LogP contribution in [0.2, 0.25) is 5.02 Å². The second-order valence-electron chi connectivity index (χ2n) is 5.34. The van der Waals surface area contributed by atoms with Crippen LogP contribution in [0.15, 0.2) is 18.2 Å². The summed E-state index contributed by atoms with van der Waals surface area (Å²) < 4.78 is 10.5. The number of hydrogen-bond acceptors (Lipinski definition) is 5. The second-order valence-corrected chi connectivity index (χ2v) is 5.74. The van der Waals surface area contributed by atoms with Crippen LogP contribution in [-0.4, -0.2) is 30.2 Å². The highest BCUT2D eigenvalue weighted by molar-refractivity contribution is 6.32. The number of hydrogen-bond donors (Lipinski definition) is 2. The molecule has 5 nitrogen and oxygen atoms in total. The normalized spacial score (nSPS) is 10.6. The zero-order valence-electron chi connectivity index (χ0n) is 13.9. The molecule has 0 unspecified atom stereocenters. The van der Waals surface area contributed by atoms with E-state index < -0.39 is 12.4 Å². The van der Waals surface area contributed by atoms with Gasteiger partial charge in [0.25, 0.3) is 0 Å². The second kappa shape index (κ2) is 7.11. The average Bonchev–Trinajstić information content (AvgIpc) is 2.56. The molecule has 6 heteroatoms. The van der Waals surface area contributed by atoms with Gasteiger partial charge in [0, 0.05) is 16.1 Å². The van der Waals surface area contributed by atoms with Crippen molar-refractivity contribution in [3.63, 3.8) is 0 Å². The molecule has 2 rings (SSSR count). The van der Waals surface area contributed by atoms with Gasteiger partial charge in [-0.3, -0.25) is 4.79 Å². The Morgan fingerprint density at radius 3 is 2.38 bits per heavy atom. The van der Waals surface area contributed by atoms with E-state index in [2.05, 4.69) is 0 Å². The lowest BCUT2D eigenvalue weighted by atomic mass is 9.91. The van der Waals surface area contributed by atoms with Crippen LogP contribution >= 0.6 is 11.6 Å². The molecule has 0 aliphatic carbocycles. The van der Waals surface area contributed by atoms with Gasteiger partial charge in [-0.1, -0.05) is 11.6 Å². The lowest BCUT2D eigenvalue weighted by Gasteiger charge is -2.18. The predicted molar refractivity (Wildman–Crippen MR) is 91.5 cm³/mol. The minimum Gasteiger partial charge on any atom is -0.507 e. The number of aryl methyl sites for hydroxylation is 1. The number of rotatable bonds is 5. The maximum atomic E-state index is 13.1. The molecule has 2 N–H and O–H groups in total. The molecule has 0 saturated carbocycles. The summed E-state index contributed by atoms with van der Waals surface area (Å²) in [5, 5.41) is 20.3. The van der Waals surface area contributed by atoms with Gasteiger partial charge in [0.05, 0.1) is 26.4 Å². The summed E-state index contributed by atoms with van der Waals surface area (Å²) in [7, 11) is 2.91. The molecule has 0 radical (unpaired) electrons. The van der Waals surface area contributed by atoms with Crippen LogP contribution in [0, 0.1) is 13.8 Å². The molecule has 2 aromatic carbocycles. The van der Waals surface area contributed by atoms with E-state index in [9.17, 15) is 15.0 Å². The van der Waals surface area contributed by atoms with Crippen LogP contribution in [-0.2, 0) is 6.61 Å². The summed E-state index contributed by atoms with van der Waals surface area (Å²) in [6.07, 6.45) is 0. The van der Waals surface area contributed by atoms with Gasteiger partial charge in [0.1, 0.15) is 5.75 Å². The summed E-state index contributed by atoms with van der Waals surface area (Å²) in [6, 6.07) is 4.55. The number of ether oxygens (including phenoxy) is 2. The fourth-order valence-corrected chi connectivity index (χ4v) is 2.92. The maximum Gasteiger partial charge on any atom is 0.197 e. The van der Waals surface area contributed by atoms with Crippen LogP contribution in [0.5, 0.6) is 17.2 Å². The fourth-order valence-electron chi connectivity index (χ4n) is 2.76. The Kier molecular flexibility index (Phi) is 5.36. The molecular formula is C18H19ClO5. The molecule has 0 aromatic heterocycles. The number of aliphatic hydroxyl groups excluding tert-OH is 1. The Bertz CT molecular complexity index is 799. The number of aromatic hydroxyl groups is 1. The van der Waals surface area contributed by atoms with E-state index in [1.807, 2.05) is 0 Å². The summed E-state index contributed by atoms with van der Waals surface area (Å²) in [5.41, 5.74) is 1.74. The van der Waals surface area contributed by atoms with E-state index in [1.165, 1.54) is 26.4 Å². The Labute approximate surface area is 145 Å². The minimum atomic E-state index is -0.435. The van der Waals surface area contributed by atoms with Gasteiger partial charge < -0.3 is 19.7 Å². The minimum absolute atomic E-state index is 0.104. The van der Waals surface area contributed by atoms with Gasteiger partial charge in [0.15, 0.2) is 17.3 Å². The number of benzene rings is 2. The number of aliphatic hydroxyl groups is 1. The van der Waals surface area contributed by atoms with E-state index in [1.54, 1.807) is 19.9 Å². The molecule has 0 saturated heterocycles. The zero-order chi connectivity index (χ0) is 18.0. The first-order valence-electron chi connectivity index (χ1n) is 7.25. The number of phenolic OH excluding ortho intramolecular Hbond substituents is 1. The van der Waals surface area contributed by atoms with E-state index in [0.717, 1.165) is 0 Å². The van der Waals surface area contributed by atoms with Crippen LogP contribution in [0.1, 0.15) is 32.6 Å². The Hall–Kier alpha value is -2.24. The van der Waals surface area contributed by atoms with E-state index >= 15 is 0 Å². The molecule has 0 amide bonds. The van der Waals surface area contributed by atoms with Crippen molar-refractivity contribution in [3.8, 4) is 17.2 Å². The Balaban J connectivity index is 2.78. The predicted octanol–water partition coefficient (Wildman–Crippen LogP) is 3.40. The highest BCUT2D eigenvalue weighted by Gasteiger charge is 2.26. The maximum absolute atomic E-state index is 13.1. The van der Waals surface area contributed by atoms with E-state index in [4.69, 9.17) is 21.1 Å². The third-order valence-electron chi connectivity index (χ3n) is 3.95. The van der Waals surface area contributed by atoms with Crippen molar-refractivity contribution in [3.05, 3.63) is 51.0 Å². The first kappa shape index (κ1) is 18.1. The summed E-state index contributed by atoms with van der Waals surface area (Å²) in [5.74, 6) is 0.103. The van der Waals surface area contributed by atoms with E-state index in [-0.39, 0.29) is 22.6 Å². The van der Waals surface area contributed by atoms with Gasteiger partial charge >= 0.3 is 0 Å². The SMILES string of the molecule is COc1cc(C)c(C(=O)c2c(O)ccc(Cl)c2C)c(CO)c1OC. The number of halogens is 1. The molecule has 0 atom stereocenters. The van der Waals surface area contributed by atoms with Crippen molar-refractivity contribution in [2.24, 2.45) is 0 Å². The third-order valence-corrected chi connectivity index (χ3v) is 4.36. The molecule has 0 bridgehead atoms. The lowest BCUT2D eigenvalue weighted by molar-refractivity contribution is 0.103. The Morgan fingerprint density at radius 1 is 1.17 bits per heavy atom. The molecule has 2 aromatic rings.